The molecule has 35 heavy (non-hydrogen) atoms. The first kappa shape index (κ1) is 24.9. The van der Waals surface area contributed by atoms with Crippen LogP contribution in [0.2, 0.25) is 0 Å². The molecule has 0 aliphatic rings. The molecule has 3 aromatic carbocycles. The standard InChI is InChI=1S/C23H19N5O6S/c1-26(14-15-7-3-2-4-8-15)22(30)19-9-5-6-10-20(19)24-23(35)25-21(29)16-11-17(27(31)32)13-18(12-16)28(33)34/h2-13H,14H2,1H3,(H2,24,25,29,35). The number of hydrogen-bond donors (Lipinski definition) is 2. The van der Waals surface area contributed by atoms with Gasteiger partial charge in [0.2, 0.25) is 0 Å². The number of non-ortho nitro benzene ring substituents is 2. The number of carbonyl (C=O) groups excluding carboxylic acids is 2. The van der Waals surface area contributed by atoms with E-state index in [9.17, 15) is 29.8 Å². The first-order valence-electron chi connectivity index (χ1n) is 10.1. The normalized spacial score (nSPS) is 10.2. The van der Waals surface area contributed by atoms with Crippen LogP contribution >= 0.6 is 12.2 Å². The van der Waals surface area contributed by atoms with Crippen LogP contribution in [0, 0.1) is 20.2 Å². The zero-order chi connectivity index (χ0) is 25.5. The number of para-hydroxylation sites is 1. The Morgan fingerprint density at radius 1 is 0.914 bits per heavy atom. The van der Waals surface area contributed by atoms with Gasteiger partial charge in [-0.2, -0.15) is 0 Å². The van der Waals surface area contributed by atoms with Gasteiger partial charge in [0, 0.05) is 25.7 Å². The highest BCUT2D eigenvalue weighted by molar-refractivity contribution is 7.80. The van der Waals surface area contributed by atoms with Gasteiger partial charge >= 0.3 is 0 Å². The molecule has 0 fully saturated rings. The van der Waals surface area contributed by atoms with Crippen molar-refractivity contribution in [2.45, 2.75) is 6.54 Å². The highest BCUT2D eigenvalue weighted by Crippen LogP contribution is 2.23. The van der Waals surface area contributed by atoms with E-state index < -0.39 is 27.1 Å². The van der Waals surface area contributed by atoms with Crippen LogP contribution in [0.5, 0.6) is 0 Å². The van der Waals surface area contributed by atoms with Gasteiger partial charge in [-0.1, -0.05) is 42.5 Å². The van der Waals surface area contributed by atoms with Gasteiger partial charge in [0.25, 0.3) is 23.2 Å². The van der Waals surface area contributed by atoms with Crippen LogP contribution in [0.3, 0.4) is 0 Å². The van der Waals surface area contributed by atoms with Crippen molar-refractivity contribution in [3.63, 3.8) is 0 Å². The zero-order valence-corrected chi connectivity index (χ0v) is 19.2. The van der Waals surface area contributed by atoms with E-state index in [2.05, 4.69) is 10.6 Å². The molecule has 0 aliphatic carbocycles. The predicted molar refractivity (Wildman–Crippen MR) is 132 cm³/mol. The average molecular weight is 494 g/mol. The molecule has 0 unspecified atom stereocenters. The van der Waals surface area contributed by atoms with E-state index in [0.29, 0.717) is 17.8 Å². The molecule has 0 spiro atoms. The number of nitrogens with zero attached hydrogens (tertiary/aromatic N) is 3. The van der Waals surface area contributed by atoms with Crippen molar-refractivity contribution in [3.8, 4) is 0 Å². The van der Waals surface area contributed by atoms with E-state index >= 15 is 0 Å². The van der Waals surface area contributed by atoms with Crippen molar-refractivity contribution in [2.24, 2.45) is 0 Å². The minimum Gasteiger partial charge on any atom is -0.337 e. The second-order valence-corrected chi connectivity index (χ2v) is 7.76. The Morgan fingerprint density at radius 2 is 1.49 bits per heavy atom. The van der Waals surface area contributed by atoms with Gasteiger partial charge in [0.05, 0.1) is 32.7 Å². The summed E-state index contributed by atoms with van der Waals surface area (Å²) < 4.78 is 0. The minimum absolute atomic E-state index is 0.199. The summed E-state index contributed by atoms with van der Waals surface area (Å²) in [6.45, 7) is 0.376. The maximum Gasteiger partial charge on any atom is 0.277 e. The van der Waals surface area contributed by atoms with Gasteiger partial charge in [-0.3, -0.25) is 35.1 Å². The predicted octanol–water partition coefficient (Wildman–Crippen LogP) is 3.90. The third kappa shape index (κ3) is 6.42. The molecule has 0 atom stereocenters. The maximum absolute atomic E-state index is 13.0. The second kappa shape index (κ2) is 10.9. The summed E-state index contributed by atoms with van der Waals surface area (Å²) in [5.41, 5.74) is 0.0344. The minimum atomic E-state index is -0.890. The molecule has 0 aromatic heterocycles. The number of anilines is 1. The highest BCUT2D eigenvalue weighted by Gasteiger charge is 2.21. The van der Waals surface area contributed by atoms with Crippen LogP contribution in [-0.4, -0.2) is 38.7 Å². The number of amides is 2. The summed E-state index contributed by atoms with van der Waals surface area (Å²) in [7, 11) is 1.65. The number of nitrogens with one attached hydrogen (secondary N) is 2. The zero-order valence-electron chi connectivity index (χ0n) is 18.3. The number of hydrogen-bond acceptors (Lipinski definition) is 7. The van der Waals surface area contributed by atoms with Gasteiger partial charge < -0.3 is 10.2 Å². The maximum atomic E-state index is 13.0. The van der Waals surface area contributed by atoms with Gasteiger partial charge in [0.1, 0.15) is 0 Å². The average Bonchev–Trinajstić information content (AvgIpc) is 2.84. The third-order valence-electron chi connectivity index (χ3n) is 4.83. The van der Waals surface area contributed by atoms with E-state index in [-0.39, 0.29) is 16.6 Å². The van der Waals surface area contributed by atoms with Gasteiger partial charge in [-0.25, -0.2) is 0 Å². The fourth-order valence-corrected chi connectivity index (χ4v) is 3.38. The summed E-state index contributed by atoms with van der Waals surface area (Å²) in [6, 6.07) is 18.5. The summed E-state index contributed by atoms with van der Waals surface area (Å²) in [5, 5.41) is 27.0. The topological polar surface area (TPSA) is 148 Å². The molecule has 0 saturated heterocycles. The lowest BCUT2D eigenvalue weighted by molar-refractivity contribution is -0.394. The lowest BCUT2D eigenvalue weighted by atomic mass is 10.1. The number of nitro groups is 2. The molecule has 12 heteroatoms. The van der Waals surface area contributed by atoms with Crippen LogP contribution in [-0.2, 0) is 6.54 Å². The van der Waals surface area contributed by atoms with Crippen LogP contribution in [0.4, 0.5) is 17.1 Å². The SMILES string of the molecule is CN(Cc1ccccc1)C(=O)c1ccccc1NC(=S)NC(=O)c1cc([N+](=O)[O-])cc([N+](=O)[O-])c1. The van der Waals surface area contributed by atoms with E-state index in [0.717, 1.165) is 23.8 Å². The largest absolute Gasteiger partial charge is 0.337 e. The Bertz CT molecular complexity index is 1280. The molecule has 2 N–H and O–H groups in total. The summed E-state index contributed by atoms with van der Waals surface area (Å²) in [6.07, 6.45) is 0. The molecule has 11 nitrogen and oxygen atoms in total. The van der Waals surface area contributed by atoms with E-state index in [1.54, 1.807) is 31.3 Å². The van der Waals surface area contributed by atoms with E-state index in [1.165, 1.54) is 4.90 Å². The Hall–Kier alpha value is -4.71. The molecule has 0 radical (unpaired) electrons. The van der Waals surface area contributed by atoms with Gasteiger partial charge in [0.15, 0.2) is 5.11 Å². The molecule has 0 heterocycles. The number of nitro benzene ring substituents is 2. The quantitative estimate of drug-likeness (QED) is 0.286. The summed E-state index contributed by atoms with van der Waals surface area (Å²) in [4.78, 5) is 47.6. The lowest BCUT2D eigenvalue weighted by Gasteiger charge is -2.20. The fourth-order valence-electron chi connectivity index (χ4n) is 3.18. The summed E-state index contributed by atoms with van der Waals surface area (Å²) in [5.74, 6) is -1.18. The lowest BCUT2D eigenvalue weighted by Crippen LogP contribution is -2.35. The van der Waals surface area contributed by atoms with E-state index in [4.69, 9.17) is 12.2 Å². The van der Waals surface area contributed by atoms with E-state index in [1.807, 2.05) is 30.3 Å². The highest BCUT2D eigenvalue weighted by atomic mass is 32.1. The van der Waals surface area contributed by atoms with Crippen molar-refractivity contribution >= 4 is 46.2 Å². The summed E-state index contributed by atoms with van der Waals surface area (Å²) >= 11 is 5.16. The monoisotopic (exact) mass is 493 g/mol. The number of carbonyl (C=O) groups is 2. The molecular formula is C23H19N5O6S. The van der Waals surface area contributed by atoms with Gasteiger partial charge in [-0.15, -0.1) is 0 Å². The smallest absolute Gasteiger partial charge is 0.277 e. The Labute approximate surface area is 204 Å². The number of thiocarbonyl (C=S) groups is 1. The molecule has 0 aliphatic heterocycles. The number of rotatable bonds is 7. The van der Waals surface area contributed by atoms with Crippen molar-refractivity contribution in [3.05, 3.63) is 110 Å². The first-order chi connectivity index (χ1) is 16.7. The van der Waals surface area contributed by atoms with Crippen LogP contribution < -0.4 is 10.6 Å². The van der Waals surface area contributed by atoms with Crippen molar-refractivity contribution < 1.29 is 19.4 Å². The van der Waals surface area contributed by atoms with Crippen LogP contribution in [0.25, 0.3) is 0 Å². The molecule has 0 bridgehead atoms. The fraction of sp³-hybridized carbons (Fsp3) is 0.0870. The molecule has 178 valence electrons. The number of benzene rings is 3. The Kier molecular flexibility index (Phi) is 7.79. The first-order valence-corrected chi connectivity index (χ1v) is 10.5. The Balaban J connectivity index is 1.74. The van der Waals surface area contributed by atoms with Crippen molar-refractivity contribution in [1.82, 2.24) is 10.2 Å². The second-order valence-electron chi connectivity index (χ2n) is 7.35. The van der Waals surface area contributed by atoms with Gasteiger partial charge in [-0.05, 0) is 29.9 Å². The van der Waals surface area contributed by atoms with Crippen LogP contribution in [0.1, 0.15) is 26.3 Å². The molecule has 2 amide bonds. The third-order valence-corrected chi connectivity index (χ3v) is 5.03. The molecular weight excluding hydrogens is 474 g/mol. The van der Waals surface area contributed by atoms with Crippen molar-refractivity contribution in [1.29, 1.82) is 0 Å². The molecule has 3 rings (SSSR count). The molecule has 3 aromatic rings. The molecule has 0 saturated carbocycles. The van der Waals surface area contributed by atoms with Crippen molar-refractivity contribution in [2.75, 3.05) is 12.4 Å². The Morgan fingerprint density at radius 3 is 2.09 bits per heavy atom. The van der Waals surface area contributed by atoms with Crippen LogP contribution in [0.15, 0.2) is 72.8 Å².